The first kappa shape index (κ1) is 18.1. The second-order valence-electron chi connectivity index (χ2n) is 5.84. The number of nitrogens with zero attached hydrogens (tertiary/aromatic N) is 2. The first-order valence-electron chi connectivity index (χ1n) is 8.33. The summed E-state index contributed by atoms with van der Waals surface area (Å²) in [6, 6.07) is 13.4. The zero-order chi connectivity index (χ0) is 18.5. The Kier molecular flexibility index (Phi) is 5.66. The van der Waals surface area contributed by atoms with E-state index in [9.17, 15) is 14.9 Å². The minimum atomic E-state index is -1.33. The van der Waals surface area contributed by atoms with E-state index in [-0.39, 0.29) is 0 Å². The van der Waals surface area contributed by atoms with Crippen LogP contribution in [-0.2, 0) is 9.53 Å². The maximum atomic E-state index is 12.7. The van der Waals surface area contributed by atoms with Crippen LogP contribution in [0, 0.1) is 17.2 Å². The Labute approximate surface area is 156 Å². The van der Waals surface area contributed by atoms with Crippen molar-refractivity contribution in [2.45, 2.75) is 0 Å². The van der Waals surface area contributed by atoms with Crippen LogP contribution in [0.15, 0.2) is 36.4 Å². The number of ketones is 1. The van der Waals surface area contributed by atoms with Crippen molar-refractivity contribution in [2.24, 2.45) is 5.92 Å². The van der Waals surface area contributed by atoms with Crippen molar-refractivity contribution in [3.8, 4) is 17.2 Å². The number of hydrogen-bond donors (Lipinski definition) is 1. The molecule has 6 nitrogen and oxygen atoms in total. The van der Waals surface area contributed by atoms with Gasteiger partial charge in [-0.05, 0) is 11.6 Å². The minimum absolute atomic E-state index is 0.417. The minimum Gasteiger partial charge on any atom is -0.378 e. The Bertz CT molecular complexity index is 835. The monoisotopic (exact) mass is 369 g/mol. The lowest BCUT2D eigenvalue weighted by Crippen LogP contribution is -2.35. The normalized spacial score (nSPS) is 15.2. The van der Waals surface area contributed by atoms with E-state index in [0.717, 1.165) is 29.2 Å². The molecular formula is C19H19N3O3S. The van der Waals surface area contributed by atoms with Crippen LogP contribution in [0.5, 0.6) is 0 Å². The van der Waals surface area contributed by atoms with Gasteiger partial charge in [0.15, 0.2) is 11.7 Å². The average molecular weight is 369 g/mol. The van der Waals surface area contributed by atoms with E-state index in [1.165, 1.54) is 18.4 Å². The molecule has 134 valence electrons. The van der Waals surface area contributed by atoms with Crippen LogP contribution >= 0.6 is 11.3 Å². The van der Waals surface area contributed by atoms with E-state index >= 15 is 0 Å². The largest absolute Gasteiger partial charge is 0.378 e. The molecule has 1 atom stereocenters. The molecule has 0 spiro atoms. The van der Waals surface area contributed by atoms with Crippen LogP contribution in [0.3, 0.4) is 0 Å². The van der Waals surface area contributed by atoms with Gasteiger partial charge in [-0.25, -0.2) is 0 Å². The van der Waals surface area contributed by atoms with Crippen LogP contribution in [0.4, 0.5) is 5.00 Å². The highest BCUT2D eigenvalue weighted by Crippen LogP contribution is 2.40. The zero-order valence-electron chi connectivity index (χ0n) is 14.4. The summed E-state index contributed by atoms with van der Waals surface area (Å²) in [5.41, 5.74) is 1.94. The molecular weight excluding hydrogens is 350 g/mol. The molecule has 3 rings (SSSR count). The Balaban J connectivity index is 2.02. The third-order valence-electron chi connectivity index (χ3n) is 4.24. The Morgan fingerprint density at radius 3 is 2.58 bits per heavy atom. The van der Waals surface area contributed by atoms with Crippen molar-refractivity contribution in [1.82, 2.24) is 5.32 Å². The lowest BCUT2D eigenvalue weighted by Gasteiger charge is -2.28. The number of morpholine rings is 1. The molecule has 1 aromatic heterocycles. The number of carbonyl (C=O) groups is 2. The Morgan fingerprint density at radius 1 is 1.27 bits per heavy atom. The smallest absolute Gasteiger partial charge is 0.245 e. The summed E-state index contributed by atoms with van der Waals surface area (Å²) in [6.45, 7) is 2.75. The topological polar surface area (TPSA) is 82.4 Å². The highest BCUT2D eigenvalue weighted by molar-refractivity contribution is 7.18. The lowest BCUT2D eigenvalue weighted by molar-refractivity contribution is -0.121. The van der Waals surface area contributed by atoms with Crippen LogP contribution in [0.2, 0.25) is 0 Å². The maximum absolute atomic E-state index is 12.7. The van der Waals surface area contributed by atoms with Gasteiger partial charge < -0.3 is 15.0 Å². The van der Waals surface area contributed by atoms with E-state index in [4.69, 9.17) is 4.74 Å². The van der Waals surface area contributed by atoms with Crippen molar-refractivity contribution < 1.29 is 14.3 Å². The number of nitrogens with one attached hydrogen (secondary N) is 1. The average Bonchev–Trinajstić information content (AvgIpc) is 3.15. The second-order valence-corrected chi connectivity index (χ2v) is 6.87. The Morgan fingerprint density at radius 2 is 1.96 bits per heavy atom. The summed E-state index contributed by atoms with van der Waals surface area (Å²) in [4.78, 5) is 27.2. The molecule has 2 aromatic rings. The van der Waals surface area contributed by atoms with E-state index in [2.05, 4.69) is 10.2 Å². The molecule has 0 bridgehead atoms. The molecule has 1 aromatic carbocycles. The molecule has 0 unspecified atom stereocenters. The van der Waals surface area contributed by atoms with Gasteiger partial charge in [0.25, 0.3) is 0 Å². The first-order chi connectivity index (χ1) is 12.7. The highest BCUT2D eigenvalue weighted by atomic mass is 32.1. The van der Waals surface area contributed by atoms with Crippen molar-refractivity contribution in [1.29, 1.82) is 5.26 Å². The van der Waals surface area contributed by atoms with Gasteiger partial charge in [-0.3, -0.25) is 9.59 Å². The number of rotatable bonds is 5. The standard InChI is InChI=1S/C19H19N3O3S/c1-21-18(24)15(12-20)17(23)16-11-14(13-5-3-2-4-6-13)19(26-16)22-7-9-25-10-8-22/h2-6,11,15H,7-10H2,1H3,(H,21,24)/t15-/m0/s1. The van der Waals surface area contributed by atoms with Crippen LogP contribution in [-0.4, -0.2) is 45.0 Å². The molecule has 1 aliphatic heterocycles. The molecule has 2 heterocycles. The fraction of sp³-hybridized carbons (Fsp3) is 0.316. The number of anilines is 1. The van der Waals surface area contributed by atoms with Gasteiger partial charge in [0, 0.05) is 25.7 Å². The summed E-state index contributed by atoms with van der Waals surface area (Å²) in [7, 11) is 1.42. The van der Waals surface area contributed by atoms with Gasteiger partial charge in [0.2, 0.25) is 5.91 Å². The number of thiophene rings is 1. The second kappa shape index (κ2) is 8.13. The third-order valence-corrected chi connectivity index (χ3v) is 5.45. The number of Topliss-reactive ketones (excluding diaryl/α,β-unsaturated/α-hetero) is 1. The number of benzene rings is 1. The fourth-order valence-corrected chi connectivity index (χ4v) is 4.05. The quantitative estimate of drug-likeness (QED) is 0.646. The highest BCUT2D eigenvalue weighted by Gasteiger charge is 2.30. The lowest BCUT2D eigenvalue weighted by atomic mass is 10.0. The van der Waals surface area contributed by atoms with E-state index in [1.807, 2.05) is 36.4 Å². The molecule has 1 N–H and O–H groups in total. The van der Waals surface area contributed by atoms with E-state index < -0.39 is 17.6 Å². The summed E-state index contributed by atoms with van der Waals surface area (Å²) in [6.07, 6.45) is 0. The molecule has 7 heteroatoms. The van der Waals surface area contributed by atoms with Crippen molar-refractivity contribution in [3.63, 3.8) is 0 Å². The molecule has 0 aliphatic carbocycles. The van der Waals surface area contributed by atoms with Gasteiger partial charge in [-0.1, -0.05) is 30.3 Å². The zero-order valence-corrected chi connectivity index (χ0v) is 15.2. The van der Waals surface area contributed by atoms with E-state index in [0.29, 0.717) is 18.1 Å². The van der Waals surface area contributed by atoms with E-state index in [1.54, 1.807) is 6.07 Å². The summed E-state index contributed by atoms with van der Waals surface area (Å²) >= 11 is 1.33. The van der Waals surface area contributed by atoms with Gasteiger partial charge >= 0.3 is 0 Å². The molecule has 1 amide bonds. The summed E-state index contributed by atoms with van der Waals surface area (Å²) in [5, 5.41) is 12.6. The van der Waals surface area contributed by atoms with Crippen LogP contribution in [0.1, 0.15) is 9.67 Å². The van der Waals surface area contributed by atoms with Crippen LogP contribution < -0.4 is 10.2 Å². The molecule has 1 fully saturated rings. The fourth-order valence-electron chi connectivity index (χ4n) is 2.85. The molecule has 1 saturated heterocycles. The summed E-state index contributed by atoms with van der Waals surface area (Å²) in [5.74, 6) is -2.38. The van der Waals surface area contributed by atoms with Gasteiger partial charge in [-0.2, -0.15) is 5.26 Å². The number of carbonyl (C=O) groups excluding carboxylic acids is 2. The van der Waals surface area contributed by atoms with Crippen LogP contribution in [0.25, 0.3) is 11.1 Å². The van der Waals surface area contributed by atoms with Crippen molar-refractivity contribution in [2.75, 3.05) is 38.3 Å². The number of nitriles is 1. The number of ether oxygens (including phenoxy) is 1. The predicted molar refractivity (Wildman–Crippen MR) is 100 cm³/mol. The third kappa shape index (κ3) is 3.62. The number of hydrogen-bond acceptors (Lipinski definition) is 6. The molecule has 0 radical (unpaired) electrons. The summed E-state index contributed by atoms with van der Waals surface area (Å²) < 4.78 is 5.42. The molecule has 26 heavy (non-hydrogen) atoms. The number of amides is 1. The SMILES string of the molecule is CNC(=O)[C@@H](C#N)C(=O)c1cc(-c2ccccc2)c(N2CCOCC2)s1. The maximum Gasteiger partial charge on any atom is 0.245 e. The Hall–Kier alpha value is -2.69. The van der Waals surface area contributed by atoms with Gasteiger partial charge in [0.05, 0.1) is 29.2 Å². The molecule has 1 aliphatic rings. The molecule has 0 saturated carbocycles. The van der Waals surface area contributed by atoms with Gasteiger partial charge in [-0.15, -0.1) is 11.3 Å². The predicted octanol–water partition coefficient (Wildman–Crippen LogP) is 2.32. The first-order valence-corrected chi connectivity index (χ1v) is 9.14. The van der Waals surface area contributed by atoms with Gasteiger partial charge in [0.1, 0.15) is 0 Å². The van der Waals surface area contributed by atoms with Crippen molar-refractivity contribution >= 4 is 28.0 Å². The van der Waals surface area contributed by atoms with Crippen molar-refractivity contribution in [3.05, 3.63) is 41.3 Å².